The van der Waals surface area contributed by atoms with E-state index < -0.39 is 6.85 Å². The summed E-state index contributed by atoms with van der Waals surface area (Å²) in [6, 6.07) is 14.3. The lowest BCUT2D eigenvalue weighted by molar-refractivity contribution is -0.685. The highest BCUT2D eigenvalue weighted by atomic mass is 15.0. The zero-order chi connectivity index (χ0) is 19.9. The van der Waals surface area contributed by atoms with Crippen LogP contribution in [0.2, 0.25) is 0 Å². The summed E-state index contributed by atoms with van der Waals surface area (Å²) in [4.78, 5) is 0. The number of pyridine rings is 2. The molecule has 2 aromatic heterocycles. The van der Waals surface area contributed by atoms with Gasteiger partial charge in [0.25, 0.3) is 11.4 Å². The normalized spacial score (nSPS) is 13.3. The second kappa shape index (κ2) is 6.20. The molecule has 0 aliphatic carbocycles. The summed E-state index contributed by atoms with van der Waals surface area (Å²) >= 11 is 0. The summed E-state index contributed by atoms with van der Waals surface area (Å²) in [5.41, 5.74) is 7.73. The summed E-state index contributed by atoms with van der Waals surface area (Å²) in [5.74, 6) is 0. The van der Waals surface area contributed by atoms with E-state index in [1.165, 1.54) is 5.56 Å². The molecule has 0 bridgehead atoms. The number of rotatable bonds is 2. The van der Waals surface area contributed by atoms with Crippen molar-refractivity contribution in [3.8, 4) is 22.6 Å². The molecule has 0 unspecified atom stereocenters. The lowest BCUT2D eigenvalue weighted by Gasteiger charge is -2.11. The number of aryl methyl sites for hydroxylation is 5. The summed E-state index contributed by atoms with van der Waals surface area (Å²) in [6.45, 7) is 3.85. The highest BCUT2D eigenvalue weighted by Gasteiger charge is 2.24. The van der Waals surface area contributed by atoms with Gasteiger partial charge in [0.15, 0.2) is 6.20 Å². The molecule has 122 valence electrons. The summed E-state index contributed by atoms with van der Waals surface area (Å²) < 4.78 is 27.6. The van der Waals surface area contributed by atoms with Crippen molar-refractivity contribution < 1.29 is 13.2 Å². The number of aromatic nitrogens is 2. The molecule has 1 aromatic carbocycles. The quantitative estimate of drug-likeness (QED) is 0.632. The fourth-order valence-corrected chi connectivity index (χ4v) is 3.18. The van der Waals surface area contributed by atoms with Crippen LogP contribution in [0.1, 0.15) is 26.4 Å². The number of nitrogens with zero attached hydrogens (tertiary/aromatic N) is 2. The topological polar surface area (TPSA) is 7.76 Å². The maximum absolute atomic E-state index is 7.76. The first-order valence-electron chi connectivity index (χ1n) is 9.67. The van der Waals surface area contributed by atoms with E-state index >= 15 is 0 Å². The van der Waals surface area contributed by atoms with Gasteiger partial charge in [0.1, 0.15) is 14.1 Å². The van der Waals surface area contributed by atoms with Crippen molar-refractivity contribution in [1.29, 1.82) is 0 Å². The first-order valence-corrected chi connectivity index (χ1v) is 8.17. The van der Waals surface area contributed by atoms with E-state index in [9.17, 15) is 0 Å². The Morgan fingerprint density at radius 2 is 1.54 bits per heavy atom. The van der Waals surface area contributed by atoms with Crippen LogP contribution in [-0.4, -0.2) is 0 Å². The van der Waals surface area contributed by atoms with Gasteiger partial charge in [-0.2, -0.15) is 9.13 Å². The van der Waals surface area contributed by atoms with E-state index in [0.29, 0.717) is 5.56 Å². The van der Waals surface area contributed by atoms with Gasteiger partial charge in [-0.05, 0) is 62.0 Å². The fraction of sp³-hybridized carbons (Fsp3) is 0.273. The Morgan fingerprint density at radius 1 is 0.792 bits per heavy atom. The van der Waals surface area contributed by atoms with Gasteiger partial charge in [-0.25, -0.2) is 0 Å². The van der Waals surface area contributed by atoms with E-state index in [1.54, 1.807) is 0 Å². The number of hydrogen-bond donors (Lipinski definition) is 0. The Bertz CT molecular complexity index is 1020. The first kappa shape index (κ1) is 12.9. The molecule has 0 radical (unpaired) electrons. The van der Waals surface area contributed by atoms with E-state index in [0.717, 1.165) is 33.8 Å². The van der Waals surface area contributed by atoms with Gasteiger partial charge in [0.05, 0.1) is 0 Å². The van der Waals surface area contributed by atoms with Crippen molar-refractivity contribution in [3.63, 3.8) is 0 Å². The average molecular weight is 321 g/mol. The van der Waals surface area contributed by atoms with Crippen LogP contribution in [0.15, 0.2) is 48.7 Å². The Kier molecular flexibility index (Phi) is 3.33. The van der Waals surface area contributed by atoms with Gasteiger partial charge in [0.2, 0.25) is 5.69 Å². The third-order valence-electron chi connectivity index (χ3n) is 4.62. The Labute approximate surface area is 149 Å². The first-order chi connectivity index (χ1) is 12.6. The van der Waals surface area contributed by atoms with E-state index in [2.05, 4.69) is 41.3 Å². The van der Waals surface area contributed by atoms with Crippen molar-refractivity contribution in [3.05, 3.63) is 70.9 Å². The molecule has 2 heterocycles. The van der Waals surface area contributed by atoms with Crippen LogP contribution in [0.4, 0.5) is 0 Å². The van der Waals surface area contributed by atoms with Gasteiger partial charge < -0.3 is 0 Å². The Balaban J connectivity index is 2.25. The standard InChI is InChI=1S/C22H26N2/c1-15-11-21(19-14-17(3)16(2)13-18(19)4)24(6)22(12-15)20-9-7-8-10-23(20)5/h7-14H,1-6H3/q+2/i2D3. The molecule has 2 heteroatoms. The molecular weight excluding hydrogens is 292 g/mol. The average Bonchev–Trinajstić information content (AvgIpc) is 2.58. The highest BCUT2D eigenvalue weighted by molar-refractivity contribution is 5.65. The van der Waals surface area contributed by atoms with Crippen LogP contribution in [0.25, 0.3) is 22.6 Å². The molecule has 0 N–H and O–H groups in total. The molecule has 24 heavy (non-hydrogen) atoms. The molecule has 0 fully saturated rings. The molecule has 0 aliphatic heterocycles. The predicted octanol–water partition coefficient (Wildman–Crippen LogP) is 3.90. The molecule has 0 aliphatic rings. The third kappa shape index (κ3) is 2.84. The zero-order valence-corrected chi connectivity index (χ0v) is 15.0. The minimum Gasteiger partial charge on any atom is -0.196 e. The molecule has 3 aromatic rings. The summed E-state index contributed by atoms with van der Waals surface area (Å²) in [7, 11) is 4.10. The smallest absolute Gasteiger partial charge is 0.196 e. The van der Waals surface area contributed by atoms with Crippen molar-refractivity contribution in [2.45, 2.75) is 27.6 Å². The lowest BCUT2D eigenvalue weighted by atomic mass is 9.97. The summed E-state index contributed by atoms with van der Waals surface area (Å²) in [5, 5.41) is 0. The van der Waals surface area contributed by atoms with Crippen LogP contribution in [0, 0.1) is 27.6 Å². The minimum absolute atomic E-state index is 0.425. The lowest BCUT2D eigenvalue weighted by Crippen LogP contribution is -2.40. The van der Waals surface area contributed by atoms with Crippen molar-refractivity contribution in [2.75, 3.05) is 0 Å². The van der Waals surface area contributed by atoms with Crippen LogP contribution < -0.4 is 9.13 Å². The molecule has 0 amide bonds. The summed E-state index contributed by atoms with van der Waals surface area (Å²) in [6.07, 6.45) is 2.04. The second-order valence-corrected chi connectivity index (χ2v) is 6.54. The van der Waals surface area contributed by atoms with Crippen molar-refractivity contribution in [2.24, 2.45) is 14.1 Å². The number of benzene rings is 1. The maximum atomic E-state index is 7.76. The largest absolute Gasteiger partial charge is 0.277 e. The number of hydrogen-bond acceptors (Lipinski definition) is 0. The van der Waals surface area contributed by atoms with E-state index in [-0.39, 0.29) is 0 Å². The SMILES string of the molecule is [2H]C([2H])([2H])c1cc(C)c(-c2cc(C)cc(-c3cccc[n+]3C)[n+]2C)cc1C. The molecule has 3 rings (SSSR count). The monoisotopic (exact) mass is 321 g/mol. The van der Waals surface area contributed by atoms with Gasteiger partial charge in [-0.1, -0.05) is 6.07 Å². The molecule has 0 saturated heterocycles. The second-order valence-electron chi connectivity index (χ2n) is 6.54. The van der Waals surface area contributed by atoms with Crippen LogP contribution in [-0.2, 0) is 14.1 Å². The zero-order valence-electron chi connectivity index (χ0n) is 18.0. The third-order valence-corrected chi connectivity index (χ3v) is 4.62. The molecular formula is C22H26N2+2. The van der Waals surface area contributed by atoms with Crippen molar-refractivity contribution in [1.82, 2.24) is 0 Å². The predicted molar refractivity (Wildman–Crippen MR) is 98.6 cm³/mol. The van der Waals surface area contributed by atoms with Crippen LogP contribution in [0.3, 0.4) is 0 Å². The molecule has 0 saturated carbocycles. The van der Waals surface area contributed by atoms with Gasteiger partial charge in [-0.15, -0.1) is 0 Å². The van der Waals surface area contributed by atoms with Gasteiger partial charge >= 0.3 is 0 Å². The molecule has 2 nitrogen and oxygen atoms in total. The highest BCUT2D eigenvalue weighted by Crippen LogP contribution is 2.26. The van der Waals surface area contributed by atoms with Gasteiger partial charge in [0, 0.05) is 33.9 Å². The van der Waals surface area contributed by atoms with Crippen molar-refractivity contribution >= 4 is 0 Å². The van der Waals surface area contributed by atoms with Gasteiger partial charge in [-0.3, -0.25) is 0 Å². The van der Waals surface area contributed by atoms with E-state index in [1.807, 2.05) is 51.4 Å². The Hall–Kier alpha value is -2.48. The fourth-order valence-electron chi connectivity index (χ4n) is 3.18. The van der Waals surface area contributed by atoms with Crippen LogP contribution in [0.5, 0.6) is 0 Å². The molecule has 0 atom stereocenters. The minimum atomic E-state index is -2.09. The Morgan fingerprint density at radius 3 is 2.25 bits per heavy atom. The molecule has 0 spiro atoms. The maximum Gasteiger partial charge on any atom is 0.277 e. The van der Waals surface area contributed by atoms with Crippen LogP contribution >= 0.6 is 0 Å². The van der Waals surface area contributed by atoms with E-state index in [4.69, 9.17) is 4.11 Å².